The minimum Gasteiger partial charge on any atom is -0.503 e. The lowest BCUT2D eigenvalue weighted by atomic mass is 10.3. The SMILES string of the molecule is Cc1ccnc(NS(=O)(=O)c2ccc(N)c(O)c2O)n1. The van der Waals surface area contributed by atoms with E-state index in [1.54, 1.807) is 13.0 Å². The predicted molar refractivity (Wildman–Crippen MR) is 71.8 cm³/mol. The number of benzene rings is 1. The monoisotopic (exact) mass is 296 g/mol. The highest BCUT2D eigenvalue weighted by Gasteiger charge is 2.23. The number of anilines is 2. The Morgan fingerprint density at radius 2 is 1.90 bits per heavy atom. The van der Waals surface area contributed by atoms with E-state index in [2.05, 4.69) is 14.7 Å². The third-order valence-corrected chi connectivity index (χ3v) is 3.82. The third kappa shape index (κ3) is 2.57. The Morgan fingerprint density at radius 1 is 1.20 bits per heavy atom. The van der Waals surface area contributed by atoms with Crippen LogP contribution in [0.3, 0.4) is 0 Å². The van der Waals surface area contributed by atoms with E-state index in [9.17, 15) is 18.6 Å². The van der Waals surface area contributed by atoms with Crippen molar-refractivity contribution >= 4 is 21.7 Å². The van der Waals surface area contributed by atoms with Gasteiger partial charge < -0.3 is 15.9 Å². The van der Waals surface area contributed by atoms with Crippen LogP contribution in [0.2, 0.25) is 0 Å². The number of aromatic hydroxyl groups is 2. The Hall–Kier alpha value is -2.55. The second-order valence-electron chi connectivity index (χ2n) is 3.98. The van der Waals surface area contributed by atoms with Gasteiger partial charge in [0.05, 0.1) is 5.69 Å². The molecule has 5 N–H and O–H groups in total. The summed E-state index contributed by atoms with van der Waals surface area (Å²) in [5, 5.41) is 19.1. The van der Waals surface area contributed by atoms with Gasteiger partial charge in [-0.2, -0.15) is 0 Å². The molecule has 0 radical (unpaired) electrons. The highest BCUT2D eigenvalue weighted by Crippen LogP contribution is 2.37. The lowest BCUT2D eigenvalue weighted by molar-refractivity contribution is 0.395. The minimum absolute atomic E-state index is 0.131. The molecule has 106 valence electrons. The lowest BCUT2D eigenvalue weighted by Crippen LogP contribution is -2.15. The first-order chi connectivity index (χ1) is 9.31. The van der Waals surface area contributed by atoms with Crippen LogP contribution in [0.1, 0.15) is 5.69 Å². The van der Waals surface area contributed by atoms with Gasteiger partial charge in [0, 0.05) is 11.9 Å². The van der Waals surface area contributed by atoms with Crippen LogP contribution in [-0.2, 0) is 10.0 Å². The van der Waals surface area contributed by atoms with E-state index in [1.807, 2.05) is 0 Å². The zero-order valence-electron chi connectivity index (χ0n) is 10.4. The topological polar surface area (TPSA) is 138 Å². The molecule has 8 nitrogen and oxygen atoms in total. The molecule has 0 bridgehead atoms. The third-order valence-electron chi connectivity index (χ3n) is 2.46. The fourth-order valence-corrected chi connectivity index (χ4v) is 2.51. The largest absolute Gasteiger partial charge is 0.503 e. The molecule has 0 spiro atoms. The van der Waals surface area contributed by atoms with E-state index in [1.165, 1.54) is 12.3 Å². The van der Waals surface area contributed by atoms with E-state index in [0.717, 1.165) is 6.07 Å². The number of sulfonamides is 1. The second-order valence-corrected chi connectivity index (χ2v) is 5.63. The number of phenols is 2. The second kappa shape index (κ2) is 4.85. The summed E-state index contributed by atoms with van der Waals surface area (Å²) in [5.41, 5.74) is 5.80. The highest BCUT2D eigenvalue weighted by molar-refractivity contribution is 7.92. The summed E-state index contributed by atoms with van der Waals surface area (Å²) in [7, 11) is -4.14. The van der Waals surface area contributed by atoms with Crippen LogP contribution >= 0.6 is 0 Å². The summed E-state index contributed by atoms with van der Waals surface area (Å²) in [5.74, 6) is -1.66. The first-order valence-electron chi connectivity index (χ1n) is 5.44. The van der Waals surface area contributed by atoms with Gasteiger partial charge in [-0.15, -0.1) is 0 Å². The smallest absolute Gasteiger partial charge is 0.268 e. The van der Waals surface area contributed by atoms with Crippen LogP contribution < -0.4 is 10.5 Å². The molecule has 1 heterocycles. The van der Waals surface area contributed by atoms with Crippen molar-refractivity contribution in [3.05, 3.63) is 30.1 Å². The van der Waals surface area contributed by atoms with Gasteiger partial charge in [-0.05, 0) is 25.1 Å². The zero-order chi connectivity index (χ0) is 14.9. The molecule has 20 heavy (non-hydrogen) atoms. The van der Waals surface area contributed by atoms with Crippen molar-refractivity contribution in [2.75, 3.05) is 10.5 Å². The Balaban J connectivity index is 2.44. The fourth-order valence-electron chi connectivity index (χ4n) is 1.47. The fraction of sp³-hybridized carbons (Fsp3) is 0.0909. The van der Waals surface area contributed by atoms with Crippen LogP contribution in [-0.4, -0.2) is 28.6 Å². The normalized spacial score (nSPS) is 11.2. The molecule has 2 aromatic rings. The van der Waals surface area contributed by atoms with Gasteiger partial charge in [0.2, 0.25) is 5.95 Å². The quantitative estimate of drug-likeness (QED) is 0.480. The maximum absolute atomic E-state index is 12.1. The van der Waals surface area contributed by atoms with Crippen LogP contribution in [0.15, 0.2) is 29.3 Å². The van der Waals surface area contributed by atoms with Crippen molar-refractivity contribution in [3.8, 4) is 11.5 Å². The van der Waals surface area contributed by atoms with Crippen molar-refractivity contribution in [1.82, 2.24) is 9.97 Å². The molecular formula is C11H12N4O4S. The molecule has 2 rings (SSSR count). The number of nitrogens with two attached hydrogens (primary N) is 1. The summed E-state index contributed by atoms with van der Waals surface area (Å²) in [6, 6.07) is 3.84. The van der Waals surface area contributed by atoms with Gasteiger partial charge >= 0.3 is 0 Å². The summed E-state index contributed by atoms with van der Waals surface area (Å²) in [6.07, 6.45) is 1.39. The van der Waals surface area contributed by atoms with Crippen LogP contribution in [0.4, 0.5) is 11.6 Å². The summed E-state index contributed by atoms with van der Waals surface area (Å²) in [4.78, 5) is 7.11. The molecule has 1 aromatic carbocycles. The molecule has 0 saturated carbocycles. The van der Waals surface area contributed by atoms with Gasteiger partial charge in [-0.1, -0.05) is 0 Å². The van der Waals surface area contributed by atoms with Crippen LogP contribution in [0.25, 0.3) is 0 Å². The Labute approximate surface area is 115 Å². The molecule has 0 saturated heterocycles. The van der Waals surface area contributed by atoms with E-state index in [-0.39, 0.29) is 11.6 Å². The van der Waals surface area contributed by atoms with Crippen molar-refractivity contribution in [2.24, 2.45) is 0 Å². The van der Waals surface area contributed by atoms with Gasteiger partial charge in [0.25, 0.3) is 10.0 Å². The number of hydrogen-bond acceptors (Lipinski definition) is 7. The Bertz CT molecular complexity index is 761. The molecule has 0 aliphatic carbocycles. The molecule has 9 heteroatoms. The molecular weight excluding hydrogens is 284 g/mol. The van der Waals surface area contributed by atoms with Gasteiger partial charge in [-0.25, -0.2) is 23.1 Å². The summed E-state index contributed by atoms with van der Waals surface area (Å²) < 4.78 is 26.3. The maximum Gasteiger partial charge on any atom is 0.268 e. The number of nitrogens with zero attached hydrogens (tertiary/aromatic N) is 2. The van der Waals surface area contributed by atoms with Gasteiger partial charge in [0.1, 0.15) is 4.90 Å². The molecule has 0 aliphatic heterocycles. The molecule has 0 amide bonds. The van der Waals surface area contributed by atoms with E-state index in [4.69, 9.17) is 5.73 Å². The molecule has 1 aromatic heterocycles. The number of hydrogen-bond donors (Lipinski definition) is 4. The predicted octanol–water partition coefficient (Wildman–Crippen LogP) is 0.579. The van der Waals surface area contributed by atoms with Gasteiger partial charge in [0.15, 0.2) is 11.5 Å². The van der Waals surface area contributed by atoms with Crippen molar-refractivity contribution in [1.29, 1.82) is 0 Å². The Kier molecular flexibility index (Phi) is 3.36. The molecule has 0 aliphatic rings. The van der Waals surface area contributed by atoms with E-state index >= 15 is 0 Å². The van der Waals surface area contributed by atoms with Crippen molar-refractivity contribution < 1.29 is 18.6 Å². The Morgan fingerprint density at radius 3 is 2.55 bits per heavy atom. The number of rotatable bonds is 3. The van der Waals surface area contributed by atoms with Crippen molar-refractivity contribution in [3.63, 3.8) is 0 Å². The minimum atomic E-state index is -4.14. The molecule has 0 atom stereocenters. The maximum atomic E-state index is 12.1. The lowest BCUT2D eigenvalue weighted by Gasteiger charge is -2.10. The summed E-state index contributed by atoms with van der Waals surface area (Å²) in [6.45, 7) is 1.67. The first-order valence-corrected chi connectivity index (χ1v) is 6.92. The molecule has 0 unspecified atom stereocenters. The number of aromatic nitrogens is 2. The highest BCUT2D eigenvalue weighted by atomic mass is 32.2. The average molecular weight is 296 g/mol. The summed E-state index contributed by atoms with van der Waals surface area (Å²) >= 11 is 0. The average Bonchev–Trinajstić information content (AvgIpc) is 2.35. The number of nitrogen functional groups attached to an aromatic ring is 1. The van der Waals surface area contributed by atoms with E-state index in [0.29, 0.717) is 5.69 Å². The zero-order valence-corrected chi connectivity index (χ0v) is 11.2. The van der Waals surface area contributed by atoms with Crippen LogP contribution in [0.5, 0.6) is 11.5 Å². The van der Waals surface area contributed by atoms with Crippen molar-refractivity contribution in [2.45, 2.75) is 11.8 Å². The molecule has 0 fully saturated rings. The standard InChI is InChI=1S/C11H12N4O4S/c1-6-4-5-13-11(14-6)15-20(18,19)8-3-2-7(12)9(16)10(8)17/h2-5,16-17H,12H2,1H3,(H,13,14,15). The van der Waals surface area contributed by atoms with Crippen LogP contribution in [0, 0.1) is 6.92 Å². The van der Waals surface area contributed by atoms with Gasteiger partial charge in [-0.3, -0.25) is 0 Å². The number of phenolic OH excluding ortho intramolecular Hbond substituents is 2. The first kappa shape index (κ1) is 13.9. The number of aryl methyl sites for hydroxylation is 1. The van der Waals surface area contributed by atoms with E-state index < -0.39 is 26.4 Å². The number of nitrogens with one attached hydrogen (secondary N) is 1.